The quantitative estimate of drug-likeness (QED) is 0.368. The maximum Gasteiger partial charge on any atom is 0.325 e. The van der Waals surface area contributed by atoms with Crippen molar-refractivity contribution in [2.75, 3.05) is 39.9 Å². The SMILES string of the molecule is COC(=O)CN1C(=S)N(c2ccc(OC)cc2)C(=O)C1=Cc1cc(OC)ccc1OC. The number of methoxy groups -OCH3 is 4. The van der Waals surface area contributed by atoms with Gasteiger partial charge in [-0.05, 0) is 60.8 Å². The van der Waals surface area contributed by atoms with Crippen LogP contribution in [0.15, 0.2) is 48.2 Å². The van der Waals surface area contributed by atoms with E-state index in [-0.39, 0.29) is 23.3 Å². The van der Waals surface area contributed by atoms with Crippen LogP contribution in [0.3, 0.4) is 0 Å². The largest absolute Gasteiger partial charge is 0.497 e. The highest BCUT2D eigenvalue weighted by molar-refractivity contribution is 7.80. The van der Waals surface area contributed by atoms with Crippen LogP contribution in [-0.2, 0) is 14.3 Å². The Balaban J connectivity index is 2.09. The minimum absolute atomic E-state index is 0.161. The molecule has 2 aromatic rings. The fourth-order valence-electron chi connectivity index (χ4n) is 3.09. The Kier molecular flexibility index (Phi) is 6.76. The molecule has 2 aromatic carbocycles. The fourth-order valence-corrected chi connectivity index (χ4v) is 3.44. The molecule has 3 rings (SSSR count). The minimum atomic E-state index is -0.532. The maximum absolute atomic E-state index is 13.4. The molecule has 1 saturated heterocycles. The van der Waals surface area contributed by atoms with Crippen LogP contribution in [0.25, 0.3) is 6.08 Å². The molecule has 1 aliphatic rings. The van der Waals surface area contributed by atoms with Crippen molar-refractivity contribution >= 4 is 41.0 Å². The standard InChI is InChI=1S/C22H22N2O6S/c1-27-16-7-5-15(6-8-16)24-21(26)18(23(22(24)31)13-20(25)30-4)12-14-11-17(28-2)9-10-19(14)29-3/h5-12H,13H2,1-4H3. The monoisotopic (exact) mass is 442 g/mol. The molecule has 0 saturated carbocycles. The molecule has 1 heterocycles. The number of carbonyl (C=O) groups excluding carboxylic acids is 2. The first-order valence-electron chi connectivity index (χ1n) is 9.24. The van der Waals surface area contributed by atoms with Crippen LogP contribution in [0.1, 0.15) is 5.56 Å². The highest BCUT2D eigenvalue weighted by Crippen LogP contribution is 2.33. The highest BCUT2D eigenvalue weighted by atomic mass is 32.1. The number of nitrogens with zero attached hydrogens (tertiary/aromatic N) is 2. The number of ether oxygens (including phenoxy) is 4. The summed E-state index contributed by atoms with van der Waals surface area (Å²) in [6.07, 6.45) is 1.61. The van der Waals surface area contributed by atoms with E-state index in [1.807, 2.05) is 0 Å². The second-order valence-corrected chi connectivity index (χ2v) is 6.79. The number of hydrogen-bond donors (Lipinski definition) is 0. The van der Waals surface area contributed by atoms with Gasteiger partial charge in [0.2, 0.25) is 0 Å². The molecule has 0 atom stereocenters. The molecule has 1 fully saturated rings. The number of esters is 1. The molecule has 0 radical (unpaired) electrons. The molecule has 1 aliphatic heterocycles. The molecule has 9 heteroatoms. The molecule has 1 amide bonds. The summed E-state index contributed by atoms with van der Waals surface area (Å²) in [5.74, 6) is 0.851. The lowest BCUT2D eigenvalue weighted by molar-refractivity contribution is -0.140. The van der Waals surface area contributed by atoms with Gasteiger partial charge in [0.25, 0.3) is 5.91 Å². The molecule has 0 N–H and O–H groups in total. The third-order valence-electron chi connectivity index (χ3n) is 4.71. The average Bonchev–Trinajstić information content (AvgIpc) is 3.02. The normalized spacial score (nSPS) is 14.8. The second-order valence-electron chi connectivity index (χ2n) is 6.42. The van der Waals surface area contributed by atoms with Gasteiger partial charge in [0, 0.05) is 5.56 Å². The fraction of sp³-hybridized carbons (Fsp3) is 0.227. The highest BCUT2D eigenvalue weighted by Gasteiger charge is 2.40. The molecule has 0 aliphatic carbocycles. The van der Waals surface area contributed by atoms with Crippen molar-refractivity contribution in [1.29, 1.82) is 0 Å². The lowest BCUT2D eigenvalue weighted by Gasteiger charge is -2.19. The summed E-state index contributed by atoms with van der Waals surface area (Å²) in [7, 11) is 5.91. The van der Waals surface area contributed by atoms with Crippen LogP contribution >= 0.6 is 12.2 Å². The van der Waals surface area contributed by atoms with Gasteiger partial charge in [-0.2, -0.15) is 0 Å². The van der Waals surface area contributed by atoms with E-state index in [2.05, 4.69) is 0 Å². The van der Waals surface area contributed by atoms with Crippen molar-refractivity contribution in [3.63, 3.8) is 0 Å². The van der Waals surface area contributed by atoms with Crippen molar-refractivity contribution in [3.8, 4) is 17.2 Å². The van der Waals surface area contributed by atoms with Crippen molar-refractivity contribution in [1.82, 2.24) is 4.90 Å². The molecular weight excluding hydrogens is 420 g/mol. The van der Waals surface area contributed by atoms with Crippen LogP contribution in [0, 0.1) is 0 Å². The molecule has 0 unspecified atom stereocenters. The molecule has 0 spiro atoms. The van der Waals surface area contributed by atoms with Gasteiger partial charge in [-0.1, -0.05) is 0 Å². The van der Waals surface area contributed by atoms with Gasteiger partial charge in [0.05, 0.1) is 34.1 Å². The summed E-state index contributed by atoms with van der Waals surface area (Å²) < 4.78 is 20.7. The molecular formula is C22H22N2O6S. The van der Waals surface area contributed by atoms with Gasteiger partial charge in [0.1, 0.15) is 29.5 Å². The van der Waals surface area contributed by atoms with E-state index in [1.54, 1.807) is 62.8 Å². The number of amides is 1. The maximum atomic E-state index is 13.4. The smallest absolute Gasteiger partial charge is 0.325 e. The van der Waals surface area contributed by atoms with Crippen LogP contribution in [0.5, 0.6) is 17.2 Å². The van der Waals surface area contributed by atoms with Gasteiger partial charge in [-0.15, -0.1) is 0 Å². The number of benzene rings is 2. The van der Waals surface area contributed by atoms with Crippen molar-refractivity contribution < 1.29 is 28.5 Å². The van der Waals surface area contributed by atoms with Crippen LogP contribution in [0.4, 0.5) is 5.69 Å². The predicted molar refractivity (Wildman–Crippen MR) is 119 cm³/mol. The van der Waals surface area contributed by atoms with E-state index in [0.29, 0.717) is 28.5 Å². The predicted octanol–water partition coefficient (Wildman–Crippen LogP) is 2.86. The molecule has 31 heavy (non-hydrogen) atoms. The topological polar surface area (TPSA) is 77.5 Å². The van der Waals surface area contributed by atoms with Crippen LogP contribution in [-0.4, -0.2) is 56.9 Å². The number of thiocarbonyl (C=S) groups is 1. The number of rotatable bonds is 7. The Bertz CT molecular complexity index is 1030. The van der Waals surface area contributed by atoms with Crippen molar-refractivity contribution in [2.24, 2.45) is 0 Å². The second kappa shape index (κ2) is 9.48. The van der Waals surface area contributed by atoms with Crippen molar-refractivity contribution in [3.05, 3.63) is 53.7 Å². The first-order valence-corrected chi connectivity index (χ1v) is 9.64. The Morgan fingerprint density at radius 1 is 0.968 bits per heavy atom. The Hall–Kier alpha value is -3.59. The lowest BCUT2D eigenvalue weighted by Crippen LogP contribution is -2.35. The van der Waals surface area contributed by atoms with E-state index in [4.69, 9.17) is 31.2 Å². The van der Waals surface area contributed by atoms with E-state index < -0.39 is 5.97 Å². The average molecular weight is 442 g/mol. The zero-order valence-corrected chi connectivity index (χ0v) is 18.4. The van der Waals surface area contributed by atoms with Crippen LogP contribution < -0.4 is 19.1 Å². The molecule has 162 valence electrons. The van der Waals surface area contributed by atoms with Crippen LogP contribution in [0.2, 0.25) is 0 Å². The van der Waals surface area contributed by atoms with E-state index in [9.17, 15) is 9.59 Å². The zero-order chi connectivity index (χ0) is 22.5. The summed E-state index contributed by atoms with van der Waals surface area (Å²) in [6, 6.07) is 12.1. The van der Waals surface area contributed by atoms with Gasteiger partial charge < -0.3 is 23.8 Å². The number of anilines is 1. The number of hydrogen-bond acceptors (Lipinski definition) is 7. The van der Waals surface area contributed by atoms with E-state index in [1.165, 1.54) is 24.0 Å². The summed E-state index contributed by atoms with van der Waals surface area (Å²) in [5, 5.41) is 0.161. The van der Waals surface area contributed by atoms with Gasteiger partial charge in [0.15, 0.2) is 5.11 Å². The molecule has 0 bridgehead atoms. The minimum Gasteiger partial charge on any atom is -0.497 e. The van der Waals surface area contributed by atoms with E-state index >= 15 is 0 Å². The summed E-state index contributed by atoms with van der Waals surface area (Å²) >= 11 is 5.55. The zero-order valence-electron chi connectivity index (χ0n) is 17.6. The molecule has 8 nitrogen and oxygen atoms in total. The summed E-state index contributed by atoms with van der Waals surface area (Å²) in [5.41, 5.74) is 1.35. The van der Waals surface area contributed by atoms with Gasteiger partial charge >= 0.3 is 5.97 Å². The Morgan fingerprint density at radius 3 is 2.19 bits per heavy atom. The third-order valence-corrected chi connectivity index (χ3v) is 5.11. The summed E-state index contributed by atoms with van der Waals surface area (Å²) in [4.78, 5) is 28.2. The van der Waals surface area contributed by atoms with E-state index in [0.717, 1.165) is 0 Å². The van der Waals surface area contributed by atoms with Gasteiger partial charge in [-0.25, -0.2) is 0 Å². The Morgan fingerprint density at radius 2 is 1.61 bits per heavy atom. The summed E-state index contributed by atoms with van der Waals surface area (Å²) in [6.45, 7) is -0.216. The Labute approximate surface area is 185 Å². The molecule has 0 aromatic heterocycles. The van der Waals surface area contributed by atoms with Gasteiger partial charge in [-0.3, -0.25) is 14.5 Å². The van der Waals surface area contributed by atoms with Crippen molar-refractivity contribution in [2.45, 2.75) is 0 Å². The first-order chi connectivity index (χ1) is 14.9. The lowest BCUT2D eigenvalue weighted by atomic mass is 10.1. The first kappa shape index (κ1) is 22.1. The third kappa shape index (κ3) is 4.46. The number of carbonyl (C=O) groups is 2.